The zero-order valence-corrected chi connectivity index (χ0v) is 85.9. The van der Waals surface area contributed by atoms with E-state index in [1.54, 1.807) is 55.4 Å². The molecule has 1 fully saturated rings. The van der Waals surface area contributed by atoms with Crippen LogP contribution in [0.25, 0.3) is 0 Å². The Hall–Kier alpha value is -14.6. The highest BCUT2D eigenvalue weighted by Gasteiger charge is 2.45. The van der Waals surface area contributed by atoms with Crippen molar-refractivity contribution in [2.45, 2.75) is 307 Å². The number of H-pyrrole nitrogens is 1. The smallest absolute Gasteiger partial charge is 0.326 e. The lowest BCUT2D eigenvalue weighted by atomic mass is 9.98. The largest absolute Gasteiger partial charge is 0.481 e. The van der Waals surface area contributed by atoms with Gasteiger partial charge < -0.3 is 173 Å². The number of carbonyl (C=O) groups is 25. The van der Waals surface area contributed by atoms with E-state index in [0.29, 0.717) is 0 Å². The number of amides is 19. The summed E-state index contributed by atoms with van der Waals surface area (Å²) in [6.45, 7) is 13.3. The number of aromatic amines is 1. The van der Waals surface area contributed by atoms with Crippen LogP contribution in [0.5, 0.6) is 0 Å². The highest BCUT2D eigenvalue weighted by molar-refractivity contribution is 7.80. The fraction of sp³-hybridized carbons (Fsp3) is 0.674. The number of aliphatic carboxylic acids is 6. The summed E-state index contributed by atoms with van der Waals surface area (Å²) in [5, 5.41) is 151. The molecular formula is C89H145N25O35S. The molecule has 1 aliphatic rings. The van der Waals surface area contributed by atoms with Gasteiger partial charge in [-0.3, -0.25) is 120 Å². The van der Waals surface area contributed by atoms with Crippen molar-refractivity contribution in [1.82, 2.24) is 116 Å². The highest BCUT2D eigenvalue weighted by atomic mass is 32.1. The summed E-state index contributed by atoms with van der Waals surface area (Å²) in [6.07, 6.45) is -7.13. The number of nitrogens with two attached hydrogens (primary N) is 2. The van der Waals surface area contributed by atoms with E-state index in [4.69, 9.17) is 22.0 Å². The van der Waals surface area contributed by atoms with Crippen LogP contribution in [-0.2, 0) is 126 Å². The summed E-state index contributed by atoms with van der Waals surface area (Å²) in [5.74, 6) is -35.7. The van der Waals surface area contributed by atoms with Gasteiger partial charge in [-0.1, -0.05) is 69.2 Å². The van der Waals surface area contributed by atoms with E-state index in [1.807, 2.05) is 5.32 Å². The molecule has 0 unspecified atom stereocenters. The van der Waals surface area contributed by atoms with E-state index in [1.165, 1.54) is 27.0 Å². The number of imidazole rings is 1. The van der Waals surface area contributed by atoms with E-state index >= 15 is 0 Å². The Morgan fingerprint density at radius 3 is 1.15 bits per heavy atom. The average molecular weight is 2160 g/mol. The number of carbonyl (C=O) groups excluding carboxylic acids is 19. The molecule has 2 heterocycles. The number of carboxylic acid groups (broad SMARTS) is 6. The molecule has 0 aromatic carbocycles. The van der Waals surface area contributed by atoms with Crippen LogP contribution in [0.2, 0.25) is 0 Å². The Balaban J connectivity index is 2.39. The van der Waals surface area contributed by atoms with Gasteiger partial charge in [-0.25, -0.2) is 9.78 Å². The van der Waals surface area contributed by atoms with E-state index in [2.05, 4.69) is 118 Å². The van der Waals surface area contributed by atoms with Crippen LogP contribution in [0.4, 0.5) is 0 Å². The summed E-state index contributed by atoms with van der Waals surface area (Å²) in [4.78, 5) is 344. The van der Waals surface area contributed by atoms with Crippen LogP contribution in [0.3, 0.4) is 0 Å². The second-order valence-electron chi connectivity index (χ2n) is 37.5. The Morgan fingerprint density at radius 1 is 0.407 bits per heavy atom. The minimum Gasteiger partial charge on any atom is -0.481 e. The van der Waals surface area contributed by atoms with Crippen LogP contribution in [0, 0.1) is 35.0 Å². The molecule has 150 heavy (non-hydrogen) atoms. The van der Waals surface area contributed by atoms with Crippen LogP contribution < -0.4 is 112 Å². The first-order chi connectivity index (χ1) is 70.1. The monoisotopic (exact) mass is 2160 g/mol. The molecule has 2 rings (SSSR count). The molecule has 1 saturated heterocycles. The molecule has 1 aromatic heterocycles. The van der Waals surface area contributed by atoms with E-state index in [9.17, 15) is 166 Å². The molecule has 35 N–H and O–H groups in total. The number of hydrogen-bond acceptors (Lipinski definition) is 33. The Labute approximate surface area is 866 Å². The fourth-order valence-electron chi connectivity index (χ4n) is 14.6. The average Bonchev–Trinajstić information content (AvgIpc) is 1.68. The lowest BCUT2D eigenvalue weighted by molar-refractivity contribution is -0.144. The standard InChI is InChI=1S/C89H145N25O35S/c1-38(2)25-50(101-78(138)55(30-66(128)129)106-85(145)67(41(7)8)111-80(140)53(28-45-31-93-37-96-45)103-77(137)54(29-65(126)127)104-74(134)48(18-21-63(122)123)99-73(133)47(17-20-62(120)121)98-70(130)43(11)90)75(135)108-57(34-116)81(141)102-51(26-39(3)4)76(136)109-58(35-117)82(142)110-59(36-150)83(143)113-69(44(12)118)86(146)105-52(27-40(5)6)79(139)112-68(42(9)10)87(147)114-24-14-16-60(114)84(144)100-46(15-13-23-94-89(91)92)72(132)107-56(33-115)71(131)95-32-61(119)97-49(88(148)149)19-22-64(124)125/h31,37-44,46-60,67-69,115-118,150H,13-30,32-36,90H2,1-12H3,(H,93,96)(H,95,131)(H,97,119)(H,98,130)(H,99,133)(H,100,144)(H,101,138)(H,102,141)(H,103,137)(H,104,134)(H,105,146)(H,106,145)(H,107,132)(H,108,135)(H,109,136)(H,110,142)(H,111,140)(H,112,139)(H,113,143)(H,120,121)(H,122,123)(H,124,125)(H,126,127)(H,128,129)(H,148,149)(H4,91,92,94)/t43-,44+,46-,47-,48-,49-,50-,51-,52-,53-,54-,55-,56-,57-,58-,59-,60-,67-,68-,69-/m0/s1. The Bertz CT molecular complexity index is 4850. The molecule has 61 heteroatoms. The first kappa shape index (κ1) is 131. The van der Waals surface area contributed by atoms with Crippen LogP contribution in [0.15, 0.2) is 12.5 Å². The second kappa shape index (κ2) is 66.0. The number of aromatic nitrogens is 2. The lowest BCUT2D eigenvalue weighted by Crippen LogP contribution is -2.63. The fourth-order valence-corrected chi connectivity index (χ4v) is 14.9. The highest BCUT2D eigenvalue weighted by Crippen LogP contribution is 2.23. The number of aliphatic hydroxyl groups excluding tert-OH is 4. The van der Waals surface area contributed by atoms with Crippen LogP contribution >= 0.6 is 12.6 Å². The first-order valence-electron chi connectivity index (χ1n) is 48.1. The maximum absolute atomic E-state index is 14.7. The minimum absolute atomic E-state index is 0.00874. The number of likely N-dealkylation sites (tertiary alicyclic amines) is 1. The number of rotatable bonds is 70. The third kappa shape index (κ3) is 47.7. The minimum atomic E-state index is -2.17. The second-order valence-corrected chi connectivity index (χ2v) is 37.9. The van der Waals surface area contributed by atoms with E-state index in [-0.39, 0.29) is 63.7 Å². The van der Waals surface area contributed by atoms with Crippen LogP contribution in [-0.4, -0.2) is 386 Å². The topological polar surface area (TPSA) is 965 Å². The number of aliphatic hydroxyl groups is 4. The molecule has 0 bridgehead atoms. The zero-order chi connectivity index (χ0) is 114. The SMILES string of the molecule is CC(C)C[C@H](NC(=O)[C@H](CO)NC(=O)[C@H](CC(C)C)NC(=O)[C@H](CC(=O)O)NC(=O)[C@@H](NC(=O)[C@H](Cc1c[nH]cn1)NC(=O)[C@H](CC(=O)O)NC(=O)[C@H](CCC(=O)O)NC(=O)[C@H](CCC(=O)O)NC(=O)[C@H](C)N)C(C)C)C(=O)N[C@@H](CO)C(=O)N[C@@H](CS)C(=O)N[C@H](C(=O)N[C@@H](CC(C)C)C(=O)N[C@H](C(=O)N1CCC[C@H]1C(=O)N[C@@H](CCCNC(=N)N)C(=O)N[C@@H](CO)C(=O)NCC(=O)N[C@@H](CCC(=O)O)C(=O)O)C(C)C)[C@@H](C)O. The molecule has 20 atom stereocenters. The van der Waals surface area contributed by atoms with Gasteiger partial charge in [-0.15, -0.1) is 0 Å². The molecule has 842 valence electrons. The molecule has 0 radical (unpaired) electrons. The summed E-state index contributed by atoms with van der Waals surface area (Å²) in [7, 11) is 0. The van der Waals surface area contributed by atoms with Gasteiger partial charge in [0.1, 0.15) is 109 Å². The number of nitrogens with zero attached hydrogens (tertiary/aromatic N) is 2. The van der Waals surface area contributed by atoms with Gasteiger partial charge in [-0.2, -0.15) is 12.6 Å². The lowest BCUT2D eigenvalue weighted by Gasteiger charge is -2.33. The van der Waals surface area contributed by atoms with Crippen molar-refractivity contribution >= 4 is 167 Å². The van der Waals surface area contributed by atoms with E-state index in [0.717, 1.165) is 18.2 Å². The van der Waals surface area contributed by atoms with Gasteiger partial charge in [0, 0.05) is 50.7 Å². The third-order valence-electron chi connectivity index (χ3n) is 22.6. The predicted octanol–water partition coefficient (Wildman–Crippen LogP) is -11.7. The molecule has 0 spiro atoms. The molecular weight excluding hydrogens is 2010 g/mol. The van der Waals surface area contributed by atoms with Gasteiger partial charge in [-0.05, 0) is 108 Å². The van der Waals surface area contributed by atoms with E-state index < -0.39 is 394 Å². The maximum atomic E-state index is 14.7. The number of guanidine groups is 1. The van der Waals surface area contributed by atoms with Crippen molar-refractivity contribution in [1.29, 1.82) is 5.41 Å². The first-order valence-corrected chi connectivity index (χ1v) is 48.7. The number of nitrogens with one attached hydrogen (secondary N) is 21. The van der Waals surface area contributed by atoms with Gasteiger partial charge in [0.15, 0.2) is 5.96 Å². The Kier molecular flexibility index (Phi) is 57.8. The molecule has 1 aromatic rings. The van der Waals surface area contributed by atoms with Crippen molar-refractivity contribution in [3.8, 4) is 0 Å². The Morgan fingerprint density at radius 2 is 0.753 bits per heavy atom. The van der Waals surface area contributed by atoms with Gasteiger partial charge in [0.25, 0.3) is 0 Å². The molecule has 1 aliphatic heterocycles. The molecule has 19 amide bonds. The third-order valence-corrected chi connectivity index (χ3v) is 22.9. The normalized spacial score (nSPS) is 16.0. The number of hydrogen-bond donors (Lipinski definition) is 34. The maximum Gasteiger partial charge on any atom is 0.326 e. The van der Waals surface area contributed by atoms with Gasteiger partial charge in [0.05, 0.1) is 63.4 Å². The summed E-state index contributed by atoms with van der Waals surface area (Å²) >= 11 is 4.18. The molecule has 0 saturated carbocycles. The summed E-state index contributed by atoms with van der Waals surface area (Å²) in [5.41, 5.74) is 11.1. The van der Waals surface area contributed by atoms with Crippen molar-refractivity contribution < 1.29 is 171 Å². The van der Waals surface area contributed by atoms with Crippen molar-refractivity contribution in [3.63, 3.8) is 0 Å². The quantitative estimate of drug-likeness (QED) is 0.0125. The van der Waals surface area contributed by atoms with Gasteiger partial charge >= 0.3 is 35.8 Å². The van der Waals surface area contributed by atoms with Gasteiger partial charge in [0.2, 0.25) is 112 Å². The predicted molar refractivity (Wildman–Crippen MR) is 523 cm³/mol. The van der Waals surface area contributed by atoms with Crippen molar-refractivity contribution in [2.75, 3.05) is 45.2 Å². The number of carboxylic acids is 6. The molecule has 0 aliphatic carbocycles. The zero-order valence-electron chi connectivity index (χ0n) is 85.0. The molecule has 60 nitrogen and oxygen atoms in total. The summed E-state index contributed by atoms with van der Waals surface area (Å²) in [6, 6.07) is -33.2. The van der Waals surface area contributed by atoms with Crippen molar-refractivity contribution in [3.05, 3.63) is 18.2 Å². The number of thiol groups is 1. The summed E-state index contributed by atoms with van der Waals surface area (Å²) < 4.78 is 0. The van der Waals surface area contributed by atoms with Crippen LogP contribution in [0.1, 0.15) is 185 Å². The van der Waals surface area contributed by atoms with Crippen molar-refractivity contribution in [2.24, 2.45) is 41.1 Å².